The van der Waals surface area contributed by atoms with Gasteiger partial charge < -0.3 is 10.6 Å². The van der Waals surface area contributed by atoms with Crippen molar-refractivity contribution in [1.82, 2.24) is 19.6 Å². The number of aromatic nitrogens is 2. The number of hydrogen-bond acceptors (Lipinski definition) is 4. The lowest BCUT2D eigenvalue weighted by Gasteiger charge is -2.34. The van der Waals surface area contributed by atoms with Crippen LogP contribution in [0.2, 0.25) is 0 Å². The van der Waals surface area contributed by atoms with Crippen molar-refractivity contribution < 1.29 is 4.79 Å². The van der Waals surface area contributed by atoms with Crippen LogP contribution >= 0.6 is 0 Å². The van der Waals surface area contributed by atoms with Gasteiger partial charge in [-0.2, -0.15) is 5.10 Å². The smallest absolute Gasteiger partial charge is 0.250 e. The Kier molecular flexibility index (Phi) is 5.65. The standard InChI is InChI=1S/C23H29N5O/c1-26(2)13-18-5-4-12-27(15-18)14-17-8-10-20(11-9-17)28-16-19-6-3-7-21(23(24)29)22(19)25-28/h3,6-11,16,18H,4-5,12-15H2,1-2H3,(H2,24,29)/t18-/m1/s1. The van der Waals surface area contributed by atoms with Gasteiger partial charge in [-0.15, -0.1) is 0 Å². The summed E-state index contributed by atoms with van der Waals surface area (Å²) in [6, 6.07) is 14.0. The quantitative estimate of drug-likeness (QED) is 0.702. The Morgan fingerprint density at radius 2 is 2.00 bits per heavy atom. The molecule has 1 amide bonds. The lowest BCUT2D eigenvalue weighted by atomic mass is 9.97. The number of rotatable bonds is 6. The highest BCUT2D eigenvalue weighted by Gasteiger charge is 2.20. The van der Waals surface area contributed by atoms with Crippen LogP contribution in [0, 0.1) is 5.92 Å². The molecule has 29 heavy (non-hydrogen) atoms. The van der Waals surface area contributed by atoms with Gasteiger partial charge in [-0.25, -0.2) is 4.68 Å². The molecule has 0 aliphatic carbocycles. The van der Waals surface area contributed by atoms with E-state index in [9.17, 15) is 4.79 Å². The second kappa shape index (κ2) is 8.35. The molecule has 6 nitrogen and oxygen atoms in total. The fourth-order valence-corrected chi connectivity index (χ4v) is 4.35. The van der Waals surface area contributed by atoms with Crippen LogP contribution < -0.4 is 5.73 Å². The Labute approximate surface area is 171 Å². The second-order valence-corrected chi connectivity index (χ2v) is 8.35. The third-order valence-corrected chi connectivity index (χ3v) is 5.64. The summed E-state index contributed by atoms with van der Waals surface area (Å²) in [4.78, 5) is 16.5. The zero-order valence-electron chi connectivity index (χ0n) is 17.2. The van der Waals surface area contributed by atoms with Crippen LogP contribution in [0.25, 0.3) is 16.6 Å². The number of likely N-dealkylation sites (tertiary alicyclic amines) is 1. The first-order chi connectivity index (χ1) is 14.0. The molecule has 1 aliphatic heterocycles. The number of carbonyl (C=O) groups excluding carboxylic acids is 1. The number of amides is 1. The molecule has 0 spiro atoms. The molecule has 2 heterocycles. The van der Waals surface area contributed by atoms with Crippen molar-refractivity contribution in [2.75, 3.05) is 33.7 Å². The summed E-state index contributed by atoms with van der Waals surface area (Å²) < 4.78 is 1.81. The van der Waals surface area contributed by atoms with Crippen LogP contribution in [0.1, 0.15) is 28.8 Å². The third kappa shape index (κ3) is 4.49. The molecule has 1 aliphatic rings. The molecule has 1 atom stereocenters. The Morgan fingerprint density at radius 1 is 1.21 bits per heavy atom. The molecule has 1 saturated heterocycles. The van der Waals surface area contributed by atoms with E-state index < -0.39 is 5.91 Å². The van der Waals surface area contributed by atoms with Gasteiger partial charge in [-0.3, -0.25) is 9.69 Å². The van der Waals surface area contributed by atoms with Crippen LogP contribution in [0.15, 0.2) is 48.7 Å². The molecule has 1 fully saturated rings. The normalized spacial score (nSPS) is 17.8. The molecule has 2 N–H and O–H groups in total. The van der Waals surface area contributed by atoms with Gasteiger partial charge in [-0.1, -0.05) is 24.3 Å². The number of hydrogen-bond donors (Lipinski definition) is 1. The fourth-order valence-electron chi connectivity index (χ4n) is 4.35. The Morgan fingerprint density at radius 3 is 2.72 bits per heavy atom. The minimum atomic E-state index is -0.453. The topological polar surface area (TPSA) is 67.4 Å². The van der Waals surface area contributed by atoms with Crippen LogP contribution in [0.4, 0.5) is 0 Å². The summed E-state index contributed by atoms with van der Waals surface area (Å²) in [6.07, 6.45) is 4.54. The van der Waals surface area contributed by atoms with E-state index in [4.69, 9.17) is 5.73 Å². The van der Waals surface area contributed by atoms with Crippen LogP contribution in [-0.4, -0.2) is 59.2 Å². The summed E-state index contributed by atoms with van der Waals surface area (Å²) in [5.74, 6) is 0.305. The highest BCUT2D eigenvalue weighted by molar-refractivity contribution is 6.04. The molecule has 3 aromatic rings. The van der Waals surface area contributed by atoms with Gasteiger partial charge in [-0.05, 0) is 63.2 Å². The molecule has 152 valence electrons. The van der Waals surface area contributed by atoms with Gasteiger partial charge in [0.2, 0.25) is 0 Å². The van der Waals surface area contributed by atoms with Crippen LogP contribution in [0.3, 0.4) is 0 Å². The number of nitrogens with zero attached hydrogens (tertiary/aromatic N) is 4. The maximum atomic E-state index is 11.6. The molecule has 0 saturated carbocycles. The monoisotopic (exact) mass is 391 g/mol. The van der Waals surface area contributed by atoms with E-state index in [1.165, 1.54) is 31.5 Å². The Hall–Kier alpha value is -2.70. The van der Waals surface area contributed by atoms with Gasteiger partial charge in [0.15, 0.2) is 0 Å². The molecular weight excluding hydrogens is 362 g/mol. The number of benzene rings is 2. The minimum absolute atomic E-state index is 0.453. The Balaban J connectivity index is 1.47. The van der Waals surface area contributed by atoms with Gasteiger partial charge in [0.1, 0.15) is 5.52 Å². The maximum absolute atomic E-state index is 11.6. The third-order valence-electron chi connectivity index (χ3n) is 5.64. The highest BCUT2D eigenvalue weighted by atomic mass is 16.1. The zero-order chi connectivity index (χ0) is 20.4. The fraction of sp³-hybridized carbons (Fsp3) is 0.391. The van der Waals surface area contributed by atoms with Crippen molar-refractivity contribution in [3.63, 3.8) is 0 Å². The van der Waals surface area contributed by atoms with E-state index >= 15 is 0 Å². The summed E-state index contributed by atoms with van der Waals surface area (Å²) >= 11 is 0. The van der Waals surface area contributed by atoms with Crippen molar-refractivity contribution >= 4 is 16.8 Å². The van der Waals surface area contributed by atoms with Crippen molar-refractivity contribution in [2.24, 2.45) is 11.7 Å². The number of piperidine rings is 1. The minimum Gasteiger partial charge on any atom is -0.366 e. The predicted octanol–water partition coefficient (Wildman–Crippen LogP) is 2.90. The zero-order valence-corrected chi connectivity index (χ0v) is 17.2. The molecule has 4 rings (SSSR count). The summed E-state index contributed by atoms with van der Waals surface area (Å²) in [5.41, 5.74) is 8.86. The van der Waals surface area contributed by atoms with E-state index in [1.807, 2.05) is 23.0 Å². The number of primary amides is 1. The Bertz CT molecular complexity index is 992. The molecule has 2 aromatic carbocycles. The molecular formula is C23H29N5O. The first-order valence-electron chi connectivity index (χ1n) is 10.2. The first-order valence-corrected chi connectivity index (χ1v) is 10.2. The molecule has 0 unspecified atom stereocenters. The van der Waals surface area contributed by atoms with E-state index in [0.29, 0.717) is 11.1 Å². The first kappa shape index (κ1) is 19.6. The van der Waals surface area contributed by atoms with E-state index in [2.05, 4.69) is 53.3 Å². The maximum Gasteiger partial charge on any atom is 0.250 e. The SMILES string of the molecule is CN(C)C[C@H]1CCCN(Cc2ccc(-n3cc4cccc(C(N)=O)c4n3)cc2)C1. The number of fused-ring (bicyclic) bond motifs is 1. The second-order valence-electron chi connectivity index (χ2n) is 8.35. The summed E-state index contributed by atoms with van der Waals surface area (Å²) in [7, 11) is 4.31. The molecule has 1 aromatic heterocycles. The van der Waals surface area contributed by atoms with E-state index in [0.717, 1.165) is 30.1 Å². The average molecular weight is 392 g/mol. The van der Waals surface area contributed by atoms with E-state index in [1.54, 1.807) is 6.07 Å². The molecule has 6 heteroatoms. The van der Waals surface area contributed by atoms with Crippen molar-refractivity contribution in [1.29, 1.82) is 0 Å². The van der Waals surface area contributed by atoms with Gasteiger partial charge in [0.25, 0.3) is 5.91 Å². The lowest BCUT2D eigenvalue weighted by molar-refractivity contribution is 0.100. The number of nitrogens with two attached hydrogens (primary N) is 1. The molecule has 0 radical (unpaired) electrons. The highest BCUT2D eigenvalue weighted by Crippen LogP contribution is 2.22. The van der Waals surface area contributed by atoms with Gasteiger partial charge in [0, 0.05) is 31.2 Å². The number of carbonyl (C=O) groups is 1. The van der Waals surface area contributed by atoms with Crippen LogP contribution in [0.5, 0.6) is 0 Å². The van der Waals surface area contributed by atoms with Crippen LogP contribution in [-0.2, 0) is 6.54 Å². The summed E-state index contributed by atoms with van der Waals surface area (Å²) in [5, 5.41) is 5.50. The summed E-state index contributed by atoms with van der Waals surface area (Å²) in [6.45, 7) is 4.49. The van der Waals surface area contributed by atoms with E-state index in [-0.39, 0.29) is 0 Å². The predicted molar refractivity (Wildman–Crippen MR) is 116 cm³/mol. The lowest BCUT2D eigenvalue weighted by Crippen LogP contribution is -2.38. The van der Waals surface area contributed by atoms with Gasteiger partial charge in [0.05, 0.1) is 11.3 Å². The molecule has 0 bridgehead atoms. The van der Waals surface area contributed by atoms with Crippen molar-refractivity contribution in [3.05, 3.63) is 59.8 Å². The van der Waals surface area contributed by atoms with Gasteiger partial charge >= 0.3 is 0 Å². The average Bonchev–Trinajstić information content (AvgIpc) is 3.12. The largest absolute Gasteiger partial charge is 0.366 e. The van der Waals surface area contributed by atoms with Crippen molar-refractivity contribution in [2.45, 2.75) is 19.4 Å². The van der Waals surface area contributed by atoms with Crippen molar-refractivity contribution in [3.8, 4) is 5.69 Å².